The zero-order chi connectivity index (χ0) is 16.0. The number of hydrogen-bond acceptors (Lipinski definition) is 4. The van der Waals surface area contributed by atoms with Crippen LogP contribution in [0.15, 0.2) is 0 Å². The number of hydrogen-bond donors (Lipinski definition) is 0. The molecule has 0 aromatic carbocycles. The van der Waals surface area contributed by atoms with Crippen LogP contribution in [0, 0.1) is 0 Å². The number of unbranched alkanes of at least 4 members (excludes halogenated alkanes) is 1. The highest BCUT2D eigenvalue weighted by Gasteiger charge is 2.34. The molecule has 0 N–H and O–H groups in total. The Kier molecular flexibility index (Phi) is 6.64. The van der Waals surface area contributed by atoms with Crippen LogP contribution in [-0.2, 0) is 19.4 Å². The van der Waals surface area contributed by atoms with Crippen molar-refractivity contribution in [2.75, 3.05) is 31.1 Å². The summed E-state index contributed by atoms with van der Waals surface area (Å²) in [6.45, 7) is 6.41. The zero-order valence-electron chi connectivity index (χ0n) is 13.2. The Hall–Kier alpha value is -1.11. The van der Waals surface area contributed by atoms with Crippen molar-refractivity contribution in [1.82, 2.24) is 9.80 Å². The molecule has 0 aromatic rings. The molecule has 0 aromatic heterocycles. The summed E-state index contributed by atoms with van der Waals surface area (Å²) in [6.07, 6.45) is 2.31. The van der Waals surface area contributed by atoms with Gasteiger partial charge in [-0.1, -0.05) is 13.3 Å². The van der Waals surface area contributed by atoms with E-state index in [9.17, 15) is 18.0 Å². The summed E-state index contributed by atoms with van der Waals surface area (Å²) in [6, 6.07) is -0.243. The van der Waals surface area contributed by atoms with Gasteiger partial charge in [-0.3, -0.25) is 9.59 Å². The number of carbonyl (C=O) groups excluding carboxylic acids is 2. The van der Waals surface area contributed by atoms with Gasteiger partial charge in [-0.15, -0.1) is 0 Å². The molecule has 1 atom stereocenters. The predicted molar refractivity (Wildman–Crippen MR) is 81.6 cm³/mol. The van der Waals surface area contributed by atoms with Gasteiger partial charge >= 0.3 is 0 Å². The molecule has 0 spiro atoms. The molecule has 0 radical (unpaired) electrons. The maximum absolute atomic E-state index is 12.4. The first-order valence-electron chi connectivity index (χ1n) is 7.56. The maximum atomic E-state index is 12.4. The van der Waals surface area contributed by atoms with Crippen LogP contribution < -0.4 is 0 Å². The fraction of sp³-hybridized carbons (Fsp3) is 0.857. The summed E-state index contributed by atoms with van der Waals surface area (Å²) in [5.74, 6) is -0.0900. The molecule has 7 heteroatoms. The Morgan fingerprint density at radius 2 is 1.90 bits per heavy atom. The highest BCUT2D eigenvalue weighted by Crippen LogP contribution is 2.18. The Bertz CT molecular complexity index is 475. The maximum Gasteiger partial charge on any atom is 0.242 e. The Morgan fingerprint density at radius 1 is 1.24 bits per heavy atom. The SMILES string of the molecule is CCCCN(CC(=O)N(CC)C1CCS(=O)(=O)C1)C(C)=O. The van der Waals surface area contributed by atoms with Crippen molar-refractivity contribution in [2.24, 2.45) is 0 Å². The minimum atomic E-state index is -3.02. The topological polar surface area (TPSA) is 74.8 Å². The fourth-order valence-corrected chi connectivity index (χ4v) is 4.34. The molecule has 2 amide bonds. The molecule has 1 aliphatic heterocycles. The molecule has 1 fully saturated rings. The van der Waals surface area contributed by atoms with Gasteiger partial charge in [0.1, 0.15) is 0 Å². The van der Waals surface area contributed by atoms with Crippen LogP contribution in [0.4, 0.5) is 0 Å². The van der Waals surface area contributed by atoms with E-state index in [4.69, 9.17) is 0 Å². The van der Waals surface area contributed by atoms with E-state index in [-0.39, 0.29) is 35.9 Å². The second-order valence-corrected chi connectivity index (χ2v) is 7.76. The number of carbonyl (C=O) groups is 2. The monoisotopic (exact) mass is 318 g/mol. The Morgan fingerprint density at radius 3 is 2.33 bits per heavy atom. The summed E-state index contributed by atoms with van der Waals surface area (Å²) in [5.41, 5.74) is 0. The van der Waals surface area contributed by atoms with Crippen LogP contribution in [0.3, 0.4) is 0 Å². The smallest absolute Gasteiger partial charge is 0.242 e. The first-order valence-corrected chi connectivity index (χ1v) is 9.38. The molecule has 122 valence electrons. The summed E-state index contributed by atoms with van der Waals surface area (Å²) in [7, 11) is -3.02. The van der Waals surface area contributed by atoms with E-state index in [1.165, 1.54) is 11.8 Å². The van der Waals surface area contributed by atoms with Gasteiger partial charge in [0.2, 0.25) is 11.8 Å². The summed E-state index contributed by atoms with van der Waals surface area (Å²) < 4.78 is 23.1. The van der Waals surface area contributed by atoms with Gasteiger partial charge in [-0.25, -0.2) is 8.42 Å². The molecule has 1 aliphatic rings. The summed E-state index contributed by atoms with van der Waals surface area (Å²) in [4.78, 5) is 27.1. The third-order valence-corrected chi connectivity index (χ3v) is 5.61. The van der Waals surface area contributed by atoms with Crippen LogP contribution in [0.2, 0.25) is 0 Å². The van der Waals surface area contributed by atoms with Crippen molar-refractivity contribution < 1.29 is 18.0 Å². The predicted octanol–water partition coefficient (Wildman–Crippen LogP) is 0.671. The molecular formula is C14H26N2O4S. The fourth-order valence-electron chi connectivity index (χ4n) is 2.61. The highest BCUT2D eigenvalue weighted by atomic mass is 32.2. The van der Waals surface area contributed by atoms with E-state index >= 15 is 0 Å². The van der Waals surface area contributed by atoms with Gasteiger partial charge in [0.15, 0.2) is 9.84 Å². The first kappa shape index (κ1) is 17.9. The molecule has 0 bridgehead atoms. The molecule has 6 nitrogen and oxygen atoms in total. The van der Waals surface area contributed by atoms with Crippen LogP contribution in [-0.4, -0.2) is 67.2 Å². The van der Waals surface area contributed by atoms with Crippen molar-refractivity contribution in [3.63, 3.8) is 0 Å². The van der Waals surface area contributed by atoms with Crippen molar-refractivity contribution >= 4 is 21.7 Å². The van der Waals surface area contributed by atoms with E-state index < -0.39 is 9.84 Å². The largest absolute Gasteiger partial charge is 0.337 e. The molecule has 21 heavy (non-hydrogen) atoms. The second kappa shape index (κ2) is 7.77. The first-order chi connectivity index (χ1) is 9.80. The van der Waals surface area contributed by atoms with Gasteiger partial charge in [-0.05, 0) is 19.8 Å². The zero-order valence-corrected chi connectivity index (χ0v) is 14.0. The standard InChI is InChI=1S/C14H26N2O4S/c1-4-6-8-15(12(3)17)10-14(18)16(5-2)13-7-9-21(19,20)11-13/h13H,4-11H2,1-3H3. The van der Waals surface area contributed by atoms with Gasteiger partial charge < -0.3 is 9.80 Å². The van der Waals surface area contributed by atoms with E-state index in [0.29, 0.717) is 19.5 Å². The van der Waals surface area contributed by atoms with Gasteiger partial charge in [0.25, 0.3) is 0 Å². The van der Waals surface area contributed by atoms with Crippen molar-refractivity contribution in [3.05, 3.63) is 0 Å². The van der Waals surface area contributed by atoms with Gasteiger partial charge in [0, 0.05) is 26.1 Å². The summed E-state index contributed by atoms with van der Waals surface area (Å²) in [5, 5.41) is 0. The van der Waals surface area contributed by atoms with E-state index in [2.05, 4.69) is 0 Å². The minimum Gasteiger partial charge on any atom is -0.337 e. The average molecular weight is 318 g/mol. The van der Waals surface area contributed by atoms with E-state index in [1.54, 1.807) is 4.90 Å². The number of likely N-dealkylation sites (N-methyl/N-ethyl adjacent to an activating group) is 1. The van der Waals surface area contributed by atoms with E-state index in [1.807, 2.05) is 13.8 Å². The molecule has 1 heterocycles. The van der Waals surface area contributed by atoms with Gasteiger partial charge in [-0.2, -0.15) is 0 Å². The second-order valence-electron chi connectivity index (χ2n) is 5.53. The van der Waals surface area contributed by atoms with Crippen LogP contribution in [0.1, 0.15) is 40.0 Å². The molecule has 0 aliphatic carbocycles. The Labute approximate surface area is 127 Å². The summed E-state index contributed by atoms with van der Waals surface area (Å²) >= 11 is 0. The van der Waals surface area contributed by atoms with Crippen LogP contribution in [0.25, 0.3) is 0 Å². The van der Waals surface area contributed by atoms with Crippen molar-refractivity contribution in [3.8, 4) is 0 Å². The van der Waals surface area contributed by atoms with Gasteiger partial charge in [0.05, 0.1) is 18.1 Å². The number of rotatable bonds is 7. The lowest BCUT2D eigenvalue weighted by atomic mass is 10.2. The number of amides is 2. The highest BCUT2D eigenvalue weighted by molar-refractivity contribution is 7.91. The lowest BCUT2D eigenvalue weighted by molar-refractivity contribution is -0.140. The average Bonchev–Trinajstić information content (AvgIpc) is 2.75. The molecule has 1 rings (SSSR count). The molecule has 1 saturated heterocycles. The third kappa shape index (κ3) is 5.30. The lowest BCUT2D eigenvalue weighted by Crippen LogP contribution is -2.47. The minimum absolute atomic E-state index is 0.0414. The molecule has 1 unspecified atom stereocenters. The Balaban J connectivity index is 2.67. The third-order valence-electron chi connectivity index (χ3n) is 3.86. The quantitative estimate of drug-likeness (QED) is 0.691. The van der Waals surface area contributed by atoms with Crippen molar-refractivity contribution in [1.29, 1.82) is 0 Å². The number of nitrogens with zero attached hydrogens (tertiary/aromatic N) is 2. The lowest BCUT2D eigenvalue weighted by Gasteiger charge is -2.30. The molecule has 0 saturated carbocycles. The number of sulfone groups is 1. The molecular weight excluding hydrogens is 292 g/mol. The van der Waals surface area contributed by atoms with Crippen molar-refractivity contribution in [2.45, 2.75) is 46.1 Å². The van der Waals surface area contributed by atoms with E-state index in [0.717, 1.165) is 12.8 Å². The van der Waals surface area contributed by atoms with Crippen LogP contribution in [0.5, 0.6) is 0 Å². The normalized spacial score (nSPS) is 20.2. The van der Waals surface area contributed by atoms with Crippen LogP contribution >= 0.6 is 0 Å².